The van der Waals surface area contributed by atoms with Crippen molar-refractivity contribution in [3.05, 3.63) is 48.0 Å². The van der Waals surface area contributed by atoms with Gasteiger partial charge in [0, 0.05) is 24.5 Å². The van der Waals surface area contributed by atoms with E-state index in [4.69, 9.17) is 4.52 Å². The average molecular weight is 415 g/mol. The maximum absolute atomic E-state index is 12.4. The molecule has 152 valence electrons. The van der Waals surface area contributed by atoms with E-state index in [1.807, 2.05) is 30.3 Å². The van der Waals surface area contributed by atoms with Crippen molar-refractivity contribution in [2.24, 2.45) is 0 Å². The summed E-state index contributed by atoms with van der Waals surface area (Å²) in [5.41, 5.74) is 1.56. The fourth-order valence-corrected chi connectivity index (χ4v) is 5.04. The van der Waals surface area contributed by atoms with Crippen molar-refractivity contribution < 1.29 is 17.7 Å². The summed E-state index contributed by atoms with van der Waals surface area (Å²) in [6.07, 6.45) is 0.955. The number of hydrogen-bond acceptors (Lipinski definition) is 7. The molecular weight excluding hydrogens is 394 g/mol. The van der Waals surface area contributed by atoms with Gasteiger partial charge in [-0.15, -0.1) is 0 Å². The first-order valence-corrected chi connectivity index (χ1v) is 11.2. The summed E-state index contributed by atoms with van der Waals surface area (Å²) in [6.45, 7) is 1.80. The Balaban J connectivity index is 1.38. The van der Waals surface area contributed by atoms with Crippen LogP contribution in [0, 0.1) is 6.92 Å². The minimum Gasteiger partial charge on any atom is -0.339 e. The van der Waals surface area contributed by atoms with E-state index in [1.165, 1.54) is 0 Å². The van der Waals surface area contributed by atoms with Gasteiger partial charge in [0.2, 0.25) is 17.6 Å². The molecule has 1 saturated heterocycles. The molecule has 9 nitrogen and oxygen atoms in total. The number of nitrogens with one attached hydrogen (secondary N) is 1. The number of carbonyl (C=O) groups is 1. The second-order valence-electron chi connectivity index (χ2n) is 7.10. The zero-order valence-electron chi connectivity index (χ0n) is 15.9. The lowest BCUT2D eigenvalue weighted by molar-refractivity contribution is -0.116. The van der Waals surface area contributed by atoms with Crippen LogP contribution in [-0.4, -0.2) is 45.8 Å². The van der Waals surface area contributed by atoms with Gasteiger partial charge in [0.05, 0.1) is 23.2 Å². The minimum atomic E-state index is -3.05. The molecule has 0 saturated carbocycles. The van der Waals surface area contributed by atoms with Gasteiger partial charge in [-0.3, -0.25) is 4.79 Å². The maximum atomic E-state index is 12.4. The Kier molecular flexibility index (Phi) is 5.18. The average Bonchev–Trinajstić information content (AvgIpc) is 3.39. The normalized spacial score (nSPS) is 18.0. The van der Waals surface area contributed by atoms with Crippen LogP contribution in [0.1, 0.15) is 30.5 Å². The molecule has 4 rings (SSSR count). The van der Waals surface area contributed by atoms with Crippen LogP contribution >= 0.6 is 0 Å². The summed E-state index contributed by atoms with van der Waals surface area (Å²) in [4.78, 5) is 16.7. The van der Waals surface area contributed by atoms with E-state index in [1.54, 1.807) is 17.7 Å². The number of nitrogens with zero attached hydrogens (tertiary/aromatic N) is 4. The number of aromatic nitrogens is 4. The highest BCUT2D eigenvalue weighted by molar-refractivity contribution is 7.91. The zero-order valence-corrected chi connectivity index (χ0v) is 16.7. The second kappa shape index (κ2) is 7.78. The molecule has 10 heteroatoms. The summed E-state index contributed by atoms with van der Waals surface area (Å²) in [6, 6.07) is 10.9. The maximum Gasteiger partial charge on any atom is 0.227 e. The van der Waals surface area contributed by atoms with Crippen LogP contribution in [0.5, 0.6) is 0 Å². The Hall–Kier alpha value is -3.01. The molecule has 29 heavy (non-hydrogen) atoms. The lowest BCUT2D eigenvalue weighted by atomic mass is 10.2. The van der Waals surface area contributed by atoms with Crippen LogP contribution in [0.4, 0.5) is 5.82 Å². The lowest BCUT2D eigenvalue weighted by Gasteiger charge is -2.13. The molecule has 1 atom stereocenters. The second-order valence-corrected chi connectivity index (χ2v) is 9.33. The third-order valence-corrected chi connectivity index (χ3v) is 6.50. The Morgan fingerprint density at radius 3 is 2.83 bits per heavy atom. The quantitative estimate of drug-likeness (QED) is 0.655. The molecule has 1 aliphatic heterocycles. The van der Waals surface area contributed by atoms with Crippen LogP contribution < -0.4 is 5.32 Å². The van der Waals surface area contributed by atoms with Gasteiger partial charge in [0.25, 0.3) is 0 Å². The van der Waals surface area contributed by atoms with Gasteiger partial charge < -0.3 is 9.84 Å². The molecule has 0 unspecified atom stereocenters. The number of aryl methyl sites for hydroxylation is 2. The van der Waals surface area contributed by atoms with Crippen LogP contribution in [0.25, 0.3) is 11.4 Å². The van der Waals surface area contributed by atoms with E-state index >= 15 is 0 Å². The zero-order chi connectivity index (χ0) is 20.4. The van der Waals surface area contributed by atoms with Crippen molar-refractivity contribution in [2.75, 3.05) is 16.8 Å². The van der Waals surface area contributed by atoms with E-state index in [9.17, 15) is 13.2 Å². The predicted molar refractivity (Wildman–Crippen MR) is 106 cm³/mol. The van der Waals surface area contributed by atoms with Crippen LogP contribution in [0.2, 0.25) is 0 Å². The third-order valence-electron chi connectivity index (χ3n) is 4.75. The van der Waals surface area contributed by atoms with Crippen LogP contribution in [0.3, 0.4) is 0 Å². The Morgan fingerprint density at radius 2 is 2.10 bits per heavy atom. The van der Waals surface area contributed by atoms with E-state index in [2.05, 4.69) is 20.6 Å². The molecule has 3 aromatic rings. The molecule has 0 spiro atoms. The van der Waals surface area contributed by atoms with Crippen molar-refractivity contribution >= 4 is 21.6 Å². The van der Waals surface area contributed by atoms with Gasteiger partial charge in [-0.2, -0.15) is 10.1 Å². The van der Waals surface area contributed by atoms with E-state index in [-0.39, 0.29) is 29.9 Å². The standard InChI is InChI=1S/C19H21N5O4S/c1-13-11-16(24(22-13)15-9-10-29(26,27)12-15)20-17(25)7-8-18-21-19(23-28-18)14-5-3-2-4-6-14/h2-6,11,15H,7-10,12H2,1H3,(H,20,25)/t15-/m1/s1. The van der Waals surface area contributed by atoms with Crippen molar-refractivity contribution in [3.63, 3.8) is 0 Å². The van der Waals surface area contributed by atoms with E-state index in [0.29, 0.717) is 36.1 Å². The number of hydrogen-bond donors (Lipinski definition) is 1. The molecule has 1 aromatic carbocycles. The molecule has 0 bridgehead atoms. The van der Waals surface area contributed by atoms with Gasteiger partial charge in [-0.25, -0.2) is 13.1 Å². The van der Waals surface area contributed by atoms with Crippen molar-refractivity contribution in [3.8, 4) is 11.4 Å². The summed E-state index contributed by atoms with van der Waals surface area (Å²) in [5.74, 6) is 1.32. The topological polar surface area (TPSA) is 120 Å². The Bertz CT molecular complexity index is 1120. The van der Waals surface area contributed by atoms with Gasteiger partial charge in [-0.05, 0) is 13.3 Å². The third kappa shape index (κ3) is 4.53. The lowest BCUT2D eigenvalue weighted by Crippen LogP contribution is -2.19. The Morgan fingerprint density at radius 1 is 1.31 bits per heavy atom. The first-order chi connectivity index (χ1) is 13.9. The summed E-state index contributed by atoms with van der Waals surface area (Å²) in [5, 5.41) is 11.1. The Labute approximate surface area is 168 Å². The summed E-state index contributed by atoms with van der Waals surface area (Å²) < 4.78 is 30.4. The highest BCUT2D eigenvalue weighted by atomic mass is 32.2. The number of sulfone groups is 1. The van der Waals surface area contributed by atoms with Crippen molar-refractivity contribution in [1.82, 2.24) is 19.9 Å². The monoisotopic (exact) mass is 415 g/mol. The number of anilines is 1. The number of amides is 1. The highest BCUT2D eigenvalue weighted by Gasteiger charge is 2.31. The fraction of sp³-hybridized carbons (Fsp3) is 0.368. The molecule has 1 fully saturated rings. The smallest absolute Gasteiger partial charge is 0.227 e. The molecule has 1 aliphatic rings. The fourth-order valence-electron chi connectivity index (χ4n) is 3.34. The van der Waals surface area contributed by atoms with Crippen LogP contribution in [0.15, 0.2) is 40.9 Å². The first-order valence-electron chi connectivity index (χ1n) is 9.34. The van der Waals surface area contributed by atoms with Gasteiger partial charge in [-0.1, -0.05) is 35.5 Å². The van der Waals surface area contributed by atoms with E-state index in [0.717, 1.165) is 5.56 Å². The molecule has 1 N–H and O–H groups in total. The number of carbonyl (C=O) groups excluding carboxylic acids is 1. The van der Waals surface area contributed by atoms with Gasteiger partial charge >= 0.3 is 0 Å². The molecule has 3 heterocycles. The number of rotatable bonds is 6. The summed E-state index contributed by atoms with van der Waals surface area (Å²) in [7, 11) is -3.05. The minimum absolute atomic E-state index is 0.0429. The van der Waals surface area contributed by atoms with Gasteiger partial charge in [0.1, 0.15) is 5.82 Å². The number of benzene rings is 1. The molecule has 1 amide bonds. The molecule has 0 radical (unpaired) electrons. The van der Waals surface area contributed by atoms with Crippen LogP contribution in [-0.2, 0) is 21.1 Å². The van der Waals surface area contributed by atoms with Crippen molar-refractivity contribution in [2.45, 2.75) is 32.2 Å². The predicted octanol–water partition coefficient (Wildman–Crippen LogP) is 2.17. The molecular formula is C19H21N5O4S. The largest absolute Gasteiger partial charge is 0.339 e. The van der Waals surface area contributed by atoms with E-state index < -0.39 is 9.84 Å². The molecule has 2 aromatic heterocycles. The molecule has 0 aliphatic carbocycles. The highest BCUT2D eigenvalue weighted by Crippen LogP contribution is 2.27. The van der Waals surface area contributed by atoms with Gasteiger partial charge in [0.15, 0.2) is 9.84 Å². The summed E-state index contributed by atoms with van der Waals surface area (Å²) >= 11 is 0. The SMILES string of the molecule is Cc1cc(NC(=O)CCc2nc(-c3ccccc3)no2)n([C@@H]2CCS(=O)(=O)C2)n1. The van der Waals surface area contributed by atoms with Crippen molar-refractivity contribution in [1.29, 1.82) is 0 Å². The first kappa shape index (κ1) is 19.3.